The summed E-state index contributed by atoms with van der Waals surface area (Å²) in [5, 5.41) is 2.81. The second kappa shape index (κ2) is 6.83. The number of rotatable bonds is 4. The van der Waals surface area contributed by atoms with Crippen LogP contribution < -0.4 is 5.32 Å². The molecule has 2 aromatic carbocycles. The van der Waals surface area contributed by atoms with Crippen LogP contribution >= 0.6 is 0 Å². The molecule has 0 aliphatic rings. The van der Waals surface area contributed by atoms with E-state index in [4.69, 9.17) is 0 Å². The number of amides is 1. The molecule has 0 saturated carbocycles. The monoisotopic (exact) mass is 306 g/mol. The standard InChI is InChI=1S/C19H15FN2O/c20-17-10-4-8-15(12-17)19(23)22-13-16-9-5-11-21-18(16)14-6-2-1-3-7-14/h1-12H,13H2,(H,22,23). The summed E-state index contributed by atoms with van der Waals surface area (Å²) in [7, 11) is 0. The van der Waals surface area contributed by atoms with E-state index in [1.807, 2.05) is 42.5 Å². The molecule has 0 radical (unpaired) electrons. The second-order valence-corrected chi connectivity index (χ2v) is 5.07. The summed E-state index contributed by atoms with van der Waals surface area (Å²) in [5.41, 5.74) is 3.02. The van der Waals surface area contributed by atoms with Gasteiger partial charge in [0.15, 0.2) is 0 Å². The minimum atomic E-state index is -0.427. The van der Waals surface area contributed by atoms with Crippen LogP contribution in [0.1, 0.15) is 15.9 Å². The molecule has 0 saturated heterocycles. The lowest BCUT2D eigenvalue weighted by Gasteiger charge is -2.10. The van der Waals surface area contributed by atoms with Crippen molar-refractivity contribution in [3.05, 3.63) is 89.9 Å². The molecular weight excluding hydrogens is 291 g/mol. The molecule has 1 amide bonds. The number of pyridine rings is 1. The molecule has 1 N–H and O–H groups in total. The third kappa shape index (κ3) is 3.61. The number of halogens is 1. The lowest BCUT2D eigenvalue weighted by atomic mass is 10.1. The van der Waals surface area contributed by atoms with Gasteiger partial charge in [-0.25, -0.2) is 4.39 Å². The zero-order chi connectivity index (χ0) is 16.1. The first-order valence-corrected chi connectivity index (χ1v) is 7.27. The Balaban J connectivity index is 1.78. The van der Waals surface area contributed by atoms with Crippen molar-refractivity contribution in [1.82, 2.24) is 10.3 Å². The van der Waals surface area contributed by atoms with Gasteiger partial charge in [-0.15, -0.1) is 0 Å². The molecule has 114 valence electrons. The van der Waals surface area contributed by atoms with Crippen molar-refractivity contribution in [3.63, 3.8) is 0 Å². The van der Waals surface area contributed by atoms with Crippen molar-refractivity contribution in [2.75, 3.05) is 0 Å². The maximum absolute atomic E-state index is 13.2. The number of hydrogen-bond acceptors (Lipinski definition) is 2. The van der Waals surface area contributed by atoms with Gasteiger partial charge in [-0.1, -0.05) is 42.5 Å². The van der Waals surface area contributed by atoms with Gasteiger partial charge in [0.25, 0.3) is 5.91 Å². The summed E-state index contributed by atoms with van der Waals surface area (Å²) in [5.74, 6) is -0.739. The van der Waals surface area contributed by atoms with Crippen molar-refractivity contribution in [2.45, 2.75) is 6.54 Å². The minimum absolute atomic E-state index is 0.301. The lowest BCUT2D eigenvalue weighted by Crippen LogP contribution is -2.23. The maximum atomic E-state index is 13.2. The van der Waals surface area contributed by atoms with Gasteiger partial charge < -0.3 is 5.32 Å². The van der Waals surface area contributed by atoms with Gasteiger partial charge in [0.05, 0.1) is 5.69 Å². The maximum Gasteiger partial charge on any atom is 0.251 e. The first-order chi connectivity index (χ1) is 11.2. The summed E-state index contributed by atoms with van der Waals surface area (Å²) in [6, 6.07) is 19.2. The van der Waals surface area contributed by atoms with Gasteiger partial charge in [-0.3, -0.25) is 9.78 Å². The molecule has 4 heteroatoms. The van der Waals surface area contributed by atoms with Crippen LogP contribution in [0.3, 0.4) is 0 Å². The molecule has 3 nitrogen and oxygen atoms in total. The average molecular weight is 306 g/mol. The van der Waals surface area contributed by atoms with Crippen LogP contribution in [0.4, 0.5) is 4.39 Å². The number of carbonyl (C=O) groups is 1. The van der Waals surface area contributed by atoms with E-state index in [-0.39, 0.29) is 5.91 Å². The first-order valence-electron chi connectivity index (χ1n) is 7.27. The predicted molar refractivity (Wildman–Crippen MR) is 87.2 cm³/mol. The van der Waals surface area contributed by atoms with Gasteiger partial charge in [0.2, 0.25) is 0 Å². The van der Waals surface area contributed by atoms with Crippen LogP contribution in [0.25, 0.3) is 11.3 Å². The molecule has 0 bridgehead atoms. The highest BCUT2D eigenvalue weighted by Gasteiger charge is 2.09. The van der Waals surface area contributed by atoms with Crippen molar-refractivity contribution >= 4 is 5.91 Å². The second-order valence-electron chi connectivity index (χ2n) is 5.07. The van der Waals surface area contributed by atoms with E-state index in [2.05, 4.69) is 10.3 Å². The zero-order valence-electron chi connectivity index (χ0n) is 12.4. The molecule has 0 atom stereocenters. The molecule has 0 fully saturated rings. The molecule has 0 unspecified atom stereocenters. The quantitative estimate of drug-likeness (QED) is 0.796. The minimum Gasteiger partial charge on any atom is -0.348 e. The van der Waals surface area contributed by atoms with Gasteiger partial charge in [-0.2, -0.15) is 0 Å². The number of benzene rings is 2. The number of hydrogen-bond donors (Lipinski definition) is 1. The molecule has 1 heterocycles. The average Bonchev–Trinajstić information content (AvgIpc) is 2.60. The Morgan fingerprint density at radius 3 is 2.61 bits per heavy atom. The number of nitrogens with zero attached hydrogens (tertiary/aromatic N) is 1. The highest BCUT2D eigenvalue weighted by atomic mass is 19.1. The van der Waals surface area contributed by atoms with E-state index in [0.717, 1.165) is 16.8 Å². The van der Waals surface area contributed by atoms with E-state index in [1.54, 1.807) is 12.3 Å². The van der Waals surface area contributed by atoms with Gasteiger partial charge >= 0.3 is 0 Å². The van der Waals surface area contributed by atoms with E-state index in [9.17, 15) is 9.18 Å². The molecule has 1 aromatic heterocycles. The summed E-state index contributed by atoms with van der Waals surface area (Å²) >= 11 is 0. The number of aromatic nitrogens is 1. The summed E-state index contributed by atoms with van der Waals surface area (Å²) in [4.78, 5) is 16.5. The molecular formula is C19H15FN2O. The fourth-order valence-electron chi connectivity index (χ4n) is 2.34. The first kappa shape index (κ1) is 14.9. The Kier molecular flexibility index (Phi) is 4.43. The van der Waals surface area contributed by atoms with Crippen molar-refractivity contribution < 1.29 is 9.18 Å². The van der Waals surface area contributed by atoms with E-state index >= 15 is 0 Å². The molecule has 0 aliphatic carbocycles. The fourth-order valence-corrected chi connectivity index (χ4v) is 2.34. The van der Waals surface area contributed by atoms with Crippen molar-refractivity contribution in [2.24, 2.45) is 0 Å². The third-order valence-corrected chi connectivity index (χ3v) is 3.46. The Hall–Kier alpha value is -3.01. The van der Waals surface area contributed by atoms with E-state index in [0.29, 0.717) is 12.1 Å². The fraction of sp³-hybridized carbons (Fsp3) is 0.0526. The normalized spacial score (nSPS) is 10.3. The number of carbonyl (C=O) groups excluding carboxylic acids is 1. The van der Waals surface area contributed by atoms with E-state index in [1.165, 1.54) is 18.2 Å². The number of nitrogens with one attached hydrogen (secondary N) is 1. The summed E-state index contributed by atoms with van der Waals surface area (Å²) in [6.45, 7) is 0.327. The van der Waals surface area contributed by atoms with Crippen molar-refractivity contribution in [1.29, 1.82) is 0 Å². The van der Waals surface area contributed by atoms with Crippen LogP contribution in [0.5, 0.6) is 0 Å². The van der Waals surface area contributed by atoms with Crippen LogP contribution in [0.15, 0.2) is 72.9 Å². The van der Waals surface area contributed by atoms with Crippen molar-refractivity contribution in [3.8, 4) is 11.3 Å². The third-order valence-electron chi connectivity index (χ3n) is 3.46. The Bertz CT molecular complexity index is 818. The van der Waals surface area contributed by atoms with Gasteiger partial charge in [0, 0.05) is 23.9 Å². The molecule has 0 aliphatic heterocycles. The summed E-state index contributed by atoms with van der Waals surface area (Å²) in [6.07, 6.45) is 1.72. The molecule has 0 spiro atoms. The SMILES string of the molecule is O=C(NCc1cccnc1-c1ccccc1)c1cccc(F)c1. The molecule has 3 aromatic rings. The Morgan fingerprint density at radius 2 is 1.83 bits per heavy atom. The van der Waals surface area contributed by atoms with Crippen LogP contribution in [0.2, 0.25) is 0 Å². The van der Waals surface area contributed by atoms with Gasteiger partial charge in [-0.05, 0) is 29.8 Å². The summed E-state index contributed by atoms with van der Waals surface area (Å²) < 4.78 is 13.2. The topological polar surface area (TPSA) is 42.0 Å². The highest BCUT2D eigenvalue weighted by Crippen LogP contribution is 2.20. The lowest BCUT2D eigenvalue weighted by molar-refractivity contribution is 0.0950. The smallest absolute Gasteiger partial charge is 0.251 e. The Morgan fingerprint density at radius 1 is 1.00 bits per heavy atom. The molecule has 3 rings (SSSR count). The zero-order valence-corrected chi connectivity index (χ0v) is 12.4. The highest BCUT2D eigenvalue weighted by molar-refractivity contribution is 5.94. The molecule has 23 heavy (non-hydrogen) atoms. The largest absolute Gasteiger partial charge is 0.348 e. The van der Waals surface area contributed by atoms with Gasteiger partial charge in [0.1, 0.15) is 5.82 Å². The van der Waals surface area contributed by atoms with Crippen LogP contribution in [0, 0.1) is 5.82 Å². The van der Waals surface area contributed by atoms with Crippen LogP contribution in [-0.4, -0.2) is 10.9 Å². The van der Waals surface area contributed by atoms with Crippen LogP contribution in [-0.2, 0) is 6.54 Å². The van der Waals surface area contributed by atoms with E-state index < -0.39 is 5.82 Å². The Labute approximate surface area is 133 Å². The predicted octanol–water partition coefficient (Wildman–Crippen LogP) is 3.82.